The van der Waals surface area contributed by atoms with Crippen molar-refractivity contribution in [3.8, 4) is 11.5 Å². The number of carboxylic acid groups (broad SMARTS) is 1. The second kappa shape index (κ2) is 6.17. The molecule has 2 aromatic carbocycles. The van der Waals surface area contributed by atoms with Gasteiger partial charge in [0.1, 0.15) is 23.7 Å². The van der Waals surface area contributed by atoms with Gasteiger partial charge in [-0.05, 0) is 31.2 Å². The smallest absolute Gasteiger partial charge is 0.341 e. The van der Waals surface area contributed by atoms with E-state index >= 15 is 0 Å². The van der Waals surface area contributed by atoms with Crippen molar-refractivity contribution in [1.82, 2.24) is 0 Å². The van der Waals surface area contributed by atoms with Gasteiger partial charge in [0, 0.05) is 11.3 Å². The fourth-order valence-corrected chi connectivity index (χ4v) is 2.07. The van der Waals surface area contributed by atoms with Crippen molar-refractivity contribution >= 4 is 11.7 Å². The van der Waals surface area contributed by atoms with Gasteiger partial charge in [-0.3, -0.25) is 0 Å². The molecule has 0 fully saturated rings. The maximum Gasteiger partial charge on any atom is 0.341 e. The van der Waals surface area contributed by atoms with E-state index in [1.807, 2.05) is 25.1 Å². The van der Waals surface area contributed by atoms with Crippen molar-refractivity contribution in [2.75, 3.05) is 12.8 Å². The van der Waals surface area contributed by atoms with Crippen LogP contribution in [0.2, 0.25) is 0 Å². The Morgan fingerprint density at radius 2 is 2.00 bits per heavy atom. The number of hydrogen-bond acceptors (Lipinski definition) is 4. The van der Waals surface area contributed by atoms with Crippen molar-refractivity contribution < 1.29 is 19.4 Å². The summed E-state index contributed by atoms with van der Waals surface area (Å²) in [5, 5.41) is 9.20. The number of nitrogen functional groups attached to an aromatic ring is 1. The first-order valence-electron chi connectivity index (χ1n) is 6.41. The Morgan fingerprint density at radius 1 is 1.24 bits per heavy atom. The molecule has 110 valence electrons. The van der Waals surface area contributed by atoms with E-state index in [4.69, 9.17) is 15.2 Å². The van der Waals surface area contributed by atoms with Gasteiger partial charge in [-0.2, -0.15) is 0 Å². The number of methoxy groups -OCH3 is 1. The third-order valence-electron chi connectivity index (χ3n) is 3.09. The van der Waals surface area contributed by atoms with Crippen LogP contribution in [-0.4, -0.2) is 18.2 Å². The molecule has 21 heavy (non-hydrogen) atoms. The number of carbonyl (C=O) groups is 1. The lowest BCUT2D eigenvalue weighted by Gasteiger charge is -2.13. The summed E-state index contributed by atoms with van der Waals surface area (Å²) in [6, 6.07) is 10.5. The summed E-state index contributed by atoms with van der Waals surface area (Å²) in [5.41, 5.74) is 7.75. The van der Waals surface area contributed by atoms with Crippen LogP contribution in [-0.2, 0) is 6.61 Å². The molecule has 0 aliphatic carbocycles. The second-order valence-electron chi connectivity index (χ2n) is 4.63. The third-order valence-corrected chi connectivity index (χ3v) is 3.09. The highest BCUT2D eigenvalue weighted by Gasteiger charge is 2.15. The first-order valence-corrected chi connectivity index (χ1v) is 6.41. The molecular weight excluding hydrogens is 270 g/mol. The van der Waals surface area contributed by atoms with Crippen molar-refractivity contribution in [3.05, 3.63) is 53.1 Å². The van der Waals surface area contributed by atoms with E-state index in [9.17, 15) is 9.90 Å². The van der Waals surface area contributed by atoms with E-state index in [2.05, 4.69) is 0 Å². The molecule has 0 aliphatic rings. The summed E-state index contributed by atoms with van der Waals surface area (Å²) in [4.78, 5) is 11.2. The normalized spacial score (nSPS) is 10.2. The Labute approximate surface area is 122 Å². The highest BCUT2D eigenvalue weighted by molar-refractivity contribution is 5.96. The van der Waals surface area contributed by atoms with E-state index in [-0.39, 0.29) is 23.6 Å². The number of nitrogens with two attached hydrogens (primary N) is 1. The van der Waals surface area contributed by atoms with Crippen molar-refractivity contribution in [3.63, 3.8) is 0 Å². The van der Waals surface area contributed by atoms with Gasteiger partial charge in [0.15, 0.2) is 0 Å². The minimum atomic E-state index is -1.11. The minimum absolute atomic E-state index is 0.0240. The van der Waals surface area contributed by atoms with Gasteiger partial charge in [0.05, 0.1) is 7.11 Å². The summed E-state index contributed by atoms with van der Waals surface area (Å²) in [5.74, 6) is -0.174. The van der Waals surface area contributed by atoms with Crippen LogP contribution in [0.3, 0.4) is 0 Å². The SMILES string of the molecule is COc1ccc(C)cc1COc1cccc(N)c1C(=O)O. The van der Waals surface area contributed by atoms with Gasteiger partial charge >= 0.3 is 5.97 Å². The molecule has 2 aromatic rings. The summed E-state index contributed by atoms with van der Waals surface area (Å²) < 4.78 is 10.9. The number of benzene rings is 2. The molecular formula is C16H17NO4. The molecule has 0 spiro atoms. The Balaban J connectivity index is 2.27. The van der Waals surface area contributed by atoms with Crippen molar-refractivity contribution in [1.29, 1.82) is 0 Å². The van der Waals surface area contributed by atoms with Gasteiger partial charge in [0.2, 0.25) is 0 Å². The molecule has 0 unspecified atom stereocenters. The molecule has 5 nitrogen and oxygen atoms in total. The van der Waals surface area contributed by atoms with Crippen LogP contribution in [0.15, 0.2) is 36.4 Å². The molecule has 0 saturated carbocycles. The lowest BCUT2D eigenvalue weighted by molar-refractivity contribution is 0.0693. The van der Waals surface area contributed by atoms with Gasteiger partial charge in [-0.15, -0.1) is 0 Å². The Hall–Kier alpha value is -2.69. The lowest BCUT2D eigenvalue weighted by atomic mass is 10.1. The Morgan fingerprint density at radius 3 is 2.67 bits per heavy atom. The van der Waals surface area contributed by atoms with Crippen LogP contribution >= 0.6 is 0 Å². The molecule has 0 aliphatic heterocycles. The van der Waals surface area contributed by atoms with Gasteiger partial charge < -0.3 is 20.3 Å². The number of hydrogen-bond donors (Lipinski definition) is 2. The van der Waals surface area contributed by atoms with Crippen LogP contribution < -0.4 is 15.2 Å². The number of aromatic carboxylic acids is 1. The number of anilines is 1. The number of ether oxygens (including phenoxy) is 2. The van der Waals surface area contributed by atoms with E-state index in [0.717, 1.165) is 11.1 Å². The monoisotopic (exact) mass is 287 g/mol. The zero-order valence-electron chi connectivity index (χ0n) is 11.9. The quantitative estimate of drug-likeness (QED) is 0.826. The van der Waals surface area contributed by atoms with Crippen molar-refractivity contribution in [2.24, 2.45) is 0 Å². The molecule has 0 atom stereocenters. The minimum Gasteiger partial charge on any atom is -0.496 e. The second-order valence-corrected chi connectivity index (χ2v) is 4.63. The number of carboxylic acids is 1. The lowest BCUT2D eigenvalue weighted by Crippen LogP contribution is -2.07. The van der Waals surface area contributed by atoms with Gasteiger partial charge in [-0.25, -0.2) is 4.79 Å². The molecule has 0 bridgehead atoms. The first kappa shape index (κ1) is 14.7. The summed E-state index contributed by atoms with van der Waals surface area (Å²) in [7, 11) is 1.58. The van der Waals surface area contributed by atoms with Crippen LogP contribution in [0.4, 0.5) is 5.69 Å². The predicted octanol–water partition coefficient (Wildman–Crippen LogP) is 2.86. The average molecular weight is 287 g/mol. The Bertz CT molecular complexity index is 667. The zero-order valence-corrected chi connectivity index (χ0v) is 11.9. The van der Waals surface area contributed by atoms with E-state index in [0.29, 0.717) is 5.75 Å². The number of aryl methyl sites for hydroxylation is 1. The maximum atomic E-state index is 11.2. The molecule has 0 radical (unpaired) electrons. The van der Waals surface area contributed by atoms with E-state index in [1.165, 1.54) is 6.07 Å². The molecule has 2 rings (SSSR count). The summed E-state index contributed by atoms with van der Waals surface area (Å²) in [6.45, 7) is 2.17. The molecule has 0 saturated heterocycles. The van der Waals surface area contributed by atoms with Gasteiger partial charge in [0.25, 0.3) is 0 Å². The maximum absolute atomic E-state index is 11.2. The largest absolute Gasteiger partial charge is 0.496 e. The first-order chi connectivity index (χ1) is 10.0. The van der Waals surface area contributed by atoms with Gasteiger partial charge in [-0.1, -0.05) is 17.7 Å². The standard InChI is InChI=1S/C16H17NO4/c1-10-6-7-13(20-2)11(8-10)9-21-14-5-3-4-12(17)15(14)16(18)19/h3-8H,9,17H2,1-2H3,(H,18,19). The van der Waals surface area contributed by atoms with Crippen LogP contribution in [0.25, 0.3) is 0 Å². The van der Waals surface area contributed by atoms with Crippen LogP contribution in [0, 0.1) is 6.92 Å². The van der Waals surface area contributed by atoms with Crippen LogP contribution in [0.1, 0.15) is 21.5 Å². The molecule has 5 heteroatoms. The molecule has 0 heterocycles. The summed E-state index contributed by atoms with van der Waals surface area (Å²) in [6.07, 6.45) is 0. The molecule has 0 aromatic heterocycles. The van der Waals surface area contributed by atoms with E-state index in [1.54, 1.807) is 19.2 Å². The Kier molecular flexibility index (Phi) is 4.33. The zero-order chi connectivity index (χ0) is 15.4. The topological polar surface area (TPSA) is 81.8 Å². The highest BCUT2D eigenvalue weighted by Crippen LogP contribution is 2.27. The fraction of sp³-hybridized carbons (Fsp3) is 0.188. The average Bonchev–Trinajstić information content (AvgIpc) is 2.44. The fourth-order valence-electron chi connectivity index (χ4n) is 2.07. The summed E-state index contributed by atoms with van der Waals surface area (Å²) >= 11 is 0. The van der Waals surface area contributed by atoms with E-state index < -0.39 is 5.97 Å². The molecule has 3 N–H and O–H groups in total. The van der Waals surface area contributed by atoms with Crippen LogP contribution in [0.5, 0.6) is 11.5 Å². The predicted molar refractivity (Wildman–Crippen MR) is 79.9 cm³/mol. The number of rotatable bonds is 5. The molecule has 0 amide bonds. The van der Waals surface area contributed by atoms with Crippen molar-refractivity contribution in [2.45, 2.75) is 13.5 Å². The third kappa shape index (κ3) is 3.25. The highest BCUT2D eigenvalue weighted by atomic mass is 16.5.